The molecule has 0 bridgehead atoms. The van der Waals surface area contributed by atoms with Gasteiger partial charge in [-0.15, -0.1) is 0 Å². The van der Waals surface area contributed by atoms with Crippen LogP contribution in [0.2, 0.25) is 0 Å². The van der Waals surface area contributed by atoms with Crippen molar-refractivity contribution in [3.05, 3.63) is 30.3 Å². The molecule has 0 atom stereocenters. The molecule has 10 heavy (non-hydrogen) atoms. The lowest BCUT2D eigenvalue weighted by atomic mass is 10.1. The fraction of sp³-hybridized carbons (Fsp3) is 0.250. The Morgan fingerprint density at radius 1 is 1.70 bits per heavy atom. The van der Waals surface area contributed by atoms with Crippen molar-refractivity contribution in [1.82, 2.24) is 5.32 Å². The third kappa shape index (κ3) is 2.05. The van der Waals surface area contributed by atoms with E-state index in [0.717, 1.165) is 12.1 Å². The number of hydrogen-bond acceptors (Lipinski definition) is 1. The van der Waals surface area contributed by atoms with Gasteiger partial charge in [0.15, 0.2) is 0 Å². The first kappa shape index (κ1) is 7.06. The van der Waals surface area contributed by atoms with Gasteiger partial charge in [-0.1, -0.05) is 12.2 Å². The van der Waals surface area contributed by atoms with Gasteiger partial charge in [0.25, 0.3) is 0 Å². The van der Waals surface area contributed by atoms with E-state index >= 15 is 0 Å². The van der Waals surface area contributed by atoms with Crippen molar-refractivity contribution in [2.24, 2.45) is 0 Å². The van der Waals surface area contributed by atoms with E-state index in [9.17, 15) is 4.79 Å². The summed E-state index contributed by atoms with van der Waals surface area (Å²) in [6.45, 7) is 1.50. The summed E-state index contributed by atoms with van der Waals surface area (Å²) in [5, 5.41) is 2.69. The zero-order chi connectivity index (χ0) is 7.40. The van der Waals surface area contributed by atoms with E-state index in [1.807, 2.05) is 24.6 Å². The van der Waals surface area contributed by atoms with Crippen molar-refractivity contribution in [1.29, 1.82) is 0 Å². The molecule has 0 spiro atoms. The fourth-order valence-corrected chi connectivity index (χ4v) is 0.811. The van der Waals surface area contributed by atoms with E-state index in [2.05, 4.69) is 5.32 Å². The lowest BCUT2D eigenvalue weighted by Gasteiger charge is -2.05. The summed E-state index contributed by atoms with van der Waals surface area (Å²) in [7, 11) is 0. The molecule has 1 N–H and O–H groups in total. The van der Waals surface area contributed by atoms with Gasteiger partial charge in [0.05, 0.1) is 0 Å². The topological polar surface area (TPSA) is 29.1 Å². The van der Waals surface area contributed by atoms with Crippen molar-refractivity contribution < 1.29 is 4.79 Å². The van der Waals surface area contributed by atoms with Gasteiger partial charge in [-0.3, -0.25) is 4.79 Å². The summed E-state index contributed by atoms with van der Waals surface area (Å²) in [5.41, 5.74) is 0.874. The molecule has 0 saturated carbocycles. The molecular formula is C8H10NO. The van der Waals surface area contributed by atoms with E-state index < -0.39 is 0 Å². The van der Waals surface area contributed by atoms with E-state index in [1.54, 1.807) is 0 Å². The van der Waals surface area contributed by atoms with Crippen molar-refractivity contribution in [3.8, 4) is 0 Å². The van der Waals surface area contributed by atoms with Crippen LogP contribution in [0.3, 0.4) is 0 Å². The van der Waals surface area contributed by atoms with Gasteiger partial charge in [0.1, 0.15) is 0 Å². The first-order valence-corrected chi connectivity index (χ1v) is 3.26. The Kier molecular flexibility index (Phi) is 2.26. The van der Waals surface area contributed by atoms with Crippen molar-refractivity contribution >= 4 is 5.91 Å². The van der Waals surface area contributed by atoms with Crippen LogP contribution in [0.1, 0.15) is 13.3 Å². The molecule has 0 aromatic heterocycles. The van der Waals surface area contributed by atoms with Crippen molar-refractivity contribution in [2.45, 2.75) is 13.3 Å². The summed E-state index contributed by atoms with van der Waals surface area (Å²) in [6, 6.07) is 0. The molecule has 2 nitrogen and oxygen atoms in total. The van der Waals surface area contributed by atoms with Crippen LogP contribution < -0.4 is 5.32 Å². The Hall–Kier alpha value is -1.05. The van der Waals surface area contributed by atoms with Crippen molar-refractivity contribution in [3.63, 3.8) is 0 Å². The van der Waals surface area contributed by atoms with Crippen LogP contribution in [0.15, 0.2) is 23.9 Å². The van der Waals surface area contributed by atoms with Crippen LogP contribution in [0.25, 0.3) is 0 Å². The number of allylic oxidation sites excluding steroid dienone is 3. The van der Waals surface area contributed by atoms with Crippen LogP contribution in [-0.4, -0.2) is 5.91 Å². The predicted octanol–water partition coefficient (Wildman–Crippen LogP) is 1.17. The fourth-order valence-electron chi connectivity index (χ4n) is 0.811. The van der Waals surface area contributed by atoms with Gasteiger partial charge in [-0.2, -0.15) is 0 Å². The molecule has 0 fully saturated rings. The Labute approximate surface area is 60.6 Å². The lowest BCUT2D eigenvalue weighted by Crippen LogP contribution is -2.18. The molecule has 0 unspecified atom stereocenters. The van der Waals surface area contributed by atoms with Crippen LogP contribution in [0, 0.1) is 6.42 Å². The zero-order valence-corrected chi connectivity index (χ0v) is 5.92. The molecule has 1 amide bonds. The Balaban J connectivity index is 2.48. The average Bonchev–Trinajstić information content (AvgIpc) is 1.88. The molecule has 1 aliphatic rings. The van der Waals surface area contributed by atoms with Gasteiger partial charge in [0, 0.05) is 12.6 Å². The molecule has 0 aromatic carbocycles. The molecule has 1 aliphatic carbocycles. The number of rotatable bonds is 1. The molecule has 1 radical (unpaired) electrons. The highest BCUT2D eigenvalue weighted by Crippen LogP contribution is 2.04. The van der Waals surface area contributed by atoms with E-state index in [1.165, 1.54) is 6.92 Å². The third-order valence-electron chi connectivity index (χ3n) is 1.19. The SMILES string of the molecule is CC(=O)NC1=C[CH]CC=C1. The lowest BCUT2D eigenvalue weighted by molar-refractivity contribution is -0.118. The monoisotopic (exact) mass is 136 g/mol. The highest BCUT2D eigenvalue weighted by Gasteiger charge is 1.97. The minimum Gasteiger partial charge on any atom is -0.327 e. The van der Waals surface area contributed by atoms with Gasteiger partial charge in [0.2, 0.25) is 5.91 Å². The van der Waals surface area contributed by atoms with Crippen LogP contribution >= 0.6 is 0 Å². The van der Waals surface area contributed by atoms with Crippen LogP contribution in [0.5, 0.6) is 0 Å². The number of hydrogen-bond donors (Lipinski definition) is 1. The van der Waals surface area contributed by atoms with Gasteiger partial charge < -0.3 is 5.32 Å². The summed E-state index contributed by atoms with van der Waals surface area (Å²) >= 11 is 0. The largest absolute Gasteiger partial charge is 0.327 e. The Bertz CT molecular complexity index is 191. The van der Waals surface area contributed by atoms with Gasteiger partial charge >= 0.3 is 0 Å². The molecule has 53 valence electrons. The first-order valence-electron chi connectivity index (χ1n) is 3.26. The van der Waals surface area contributed by atoms with Gasteiger partial charge in [-0.05, 0) is 18.9 Å². The first-order chi connectivity index (χ1) is 4.79. The number of nitrogens with one attached hydrogen (secondary N) is 1. The van der Waals surface area contributed by atoms with E-state index in [-0.39, 0.29) is 5.91 Å². The molecule has 0 saturated heterocycles. The second-order valence-electron chi connectivity index (χ2n) is 2.18. The van der Waals surface area contributed by atoms with E-state index in [0.29, 0.717) is 0 Å². The second-order valence-corrected chi connectivity index (χ2v) is 2.18. The molecular weight excluding hydrogens is 126 g/mol. The summed E-state index contributed by atoms with van der Waals surface area (Å²) < 4.78 is 0. The highest BCUT2D eigenvalue weighted by atomic mass is 16.1. The van der Waals surface area contributed by atoms with Crippen molar-refractivity contribution in [2.75, 3.05) is 0 Å². The summed E-state index contributed by atoms with van der Waals surface area (Å²) in [4.78, 5) is 10.5. The molecule has 0 aromatic rings. The second kappa shape index (κ2) is 3.20. The zero-order valence-electron chi connectivity index (χ0n) is 5.92. The molecule has 2 heteroatoms. The molecule has 0 aliphatic heterocycles. The Morgan fingerprint density at radius 2 is 2.50 bits per heavy atom. The smallest absolute Gasteiger partial charge is 0.221 e. The number of amides is 1. The third-order valence-corrected chi connectivity index (χ3v) is 1.19. The van der Waals surface area contributed by atoms with E-state index in [4.69, 9.17) is 0 Å². The van der Waals surface area contributed by atoms with Crippen LogP contribution in [0.4, 0.5) is 0 Å². The van der Waals surface area contributed by atoms with Crippen LogP contribution in [-0.2, 0) is 4.79 Å². The standard InChI is InChI=1S/C8H10NO/c1-7(10)9-8-5-3-2-4-6-8/h3-6H,2H2,1H3,(H,9,10). The summed E-state index contributed by atoms with van der Waals surface area (Å²) in [6.07, 6.45) is 8.78. The quantitative estimate of drug-likeness (QED) is 0.576. The maximum atomic E-state index is 10.5. The highest BCUT2D eigenvalue weighted by molar-refractivity contribution is 5.75. The minimum absolute atomic E-state index is 0.0220. The molecule has 0 heterocycles. The minimum atomic E-state index is -0.0220. The molecule has 1 rings (SSSR count). The Morgan fingerprint density at radius 3 is 3.00 bits per heavy atom. The maximum absolute atomic E-state index is 10.5. The average molecular weight is 136 g/mol. The van der Waals surface area contributed by atoms with Gasteiger partial charge in [-0.25, -0.2) is 0 Å². The maximum Gasteiger partial charge on any atom is 0.221 e. The normalized spacial score (nSPS) is 16.3. The summed E-state index contributed by atoms with van der Waals surface area (Å²) in [5.74, 6) is -0.0220. The number of carbonyl (C=O) groups excluding carboxylic acids is 1. The predicted molar refractivity (Wildman–Crippen MR) is 40.0 cm³/mol. The number of carbonyl (C=O) groups is 1.